The SMILES string of the molecule is CCCCCCCCCCCCC/C=C/[C@@H](O)[C@H](CO[C@@H]1OC(CO)[C@@H](O[C@@H]2OC(CO)[C@H](O)[C@H](O[C@@H]3OC(CO)[C@@H](O[C@@H]4OC(CO)[C@H](O)[C@H](O[C@@H]5OC(CO)[C@@H](O[C@@H]6OC(CO)[C@H](O)[C@H](O[C@@H]7OC(CO)[C@@H](O[C@@H]8OC(CO)[C@H](O)[C@H](O)C8O[C@H]8OC(C)[C@@H](O)C(O)[C@@H]8O)[C@H](O)C7NC(C)=O)C6O)[C@H](O)C5NC(C)=O)C4O)[C@H](O)C3NC(C)=O)C2O)[C@H](O)C1O)NC(=O)CCCCCCCCCCCCCCCCCCC. The molecule has 9 fully saturated rings. The van der Waals surface area contributed by atoms with Gasteiger partial charge >= 0.3 is 0 Å². The molecule has 0 radical (unpaired) electrons. The molecular formula is C98H174N4O47. The third kappa shape index (κ3) is 36.2. The molecule has 9 aliphatic rings. The number of unbranched alkanes of at least 4 members (excludes halogenated alkanes) is 27. The van der Waals surface area contributed by atoms with Gasteiger partial charge in [-0.15, -0.1) is 0 Å². The quantitative estimate of drug-likeness (QED) is 0.0199. The van der Waals surface area contributed by atoms with Crippen LogP contribution in [0.2, 0.25) is 0 Å². The molecule has 0 aliphatic carbocycles. The van der Waals surface area contributed by atoms with E-state index in [1.807, 2.05) is 6.08 Å². The second kappa shape index (κ2) is 65.4. The highest BCUT2D eigenvalue weighted by atomic mass is 16.8. The zero-order chi connectivity index (χ0) is 109. The lowest BCUT2D eigenvalue weighted by atomic mass is 9.93. The molecule has 149 heavy (non-hydrogen) atoms. The number of nitrogens with one attached hydrogen (secondary N) is 4. The average Bonchev–Trinajstić information content (AvgIpc) is 0.766. The molecule has 47 atom stereocenters. The summed E-state index contributed by atoms with van der Waals surface area (Å²) in [7, 11) is 0. The highest BCUT2D eigenvalue weighted by Gasteiger charge is 2.62. The summed E-state index contributed by atoms with van der Waals surface area (Å²) in [4.78, 5) is 52.9. The van der Waals surface area contributed by atoms with Crippen LogP contribution in [-0.4, -0.2) is 499 Å². The van der Waals surface area contributed by atoms with Crippen molar-refractivity contribution in [3.8, 4) is 0 Å². The van der Waals surface area contributed by atoms with Crippen molar-refractivity contribution in [2.45, 2.75) is 522 Å². The fourth-order valence-electron chi connectivity index (χ4n) is 20.2. The van der Waals surface area contributed by atoms with Crippen LogP contribution in [0.3, 0.4) is 0 Å². The summed E-state index contributed by atoms with van der Waals surface area (Å²) in [5, 5.41) is 294. The zero-order valence-electron chi connectivity index (χ0n) is 86.0. The Morgan fingerprint density at radius 3 is 0.886 bits per heavy atom. The van der Waals surface area contributed by atoms with Crippen molar-refractivity contribution >= 4 is 23.6 Å². The van der Waals surface area contributed by atoms with Crippen LogP contribution in [-0.2, 0) is 104 Å². The number of carbonyl (C=O) groups is 4. The molecule has 0 saturated carbocycles. The molecule has 0 spiro atoms. The number of aliphatic hydroxyl groups excluding tert-OH is 25. The molecule has 29 N–H and O–H groups in total. The van der Waals surface area contributed by atoms with E-state index in [0.29, 0.717) is 12.8 Å². The topological polar surface area (TPSA) is 788 Å². The van der Waals surface area contributed by atoms with Gasteiger partial charge in [0.2, 0.25) is 23.6 Å². The minimum absolute atomic E-state index is 0.148. The summed E-state index contributed by atoms with van der Waals surface area (Å²) in [6, 6.07) is -6.90. The molecule has 4 amide bonds. The maximum absolute atomic E-state index is 13.6. The molecule has 9 saturated heterocycles. The van der Waals surface area contributed by atoms with E-state index < -0.39 is 365 Å². The first kappa shape index (κ1) is 128. The predicted molar refractivity (Wildman–Crippen MR) is 511 cm³/mol. The van der Waals surface area contributed by atoms with Gasteiger partial charge in [-0.3, -0.25) is 19.2 Å². The Morgan fingerprint density at radius 2 is 0.544 bits per heavy atom. The Hall–Kier alpha value is -4.10. The third-order valence-electron chi connectivity index (χ3n) is 28.9. The summed E-state index contributed by atoms with van der Waals surface area (Å²) in [5.74, 6) is -3.17. The number of amides is 4. The minimum Gasteiger partial charge on any atom is -0.394 e. The molecule has 9 heterocycles. The maximum atomic E-state index is 13.6. The van der Waals surface area contributed by atoms with Gasteiger partial charge in [0.05, 0.1) is 77.7 Å². The number of hydrogen-bond donors (Lipinski definition) is 29. The molecule has 0 bridgehead atoms. The molecule has 51 heteroatoms. The van der Waals surface area contributed by atoms with Crippen LogP contribution in [0.1, 0.15) is 234 Å². The van der Waals surface area contributed by atoms with Crippen LogP contribution >= 0.6 is 0 Å². The van der Waals surface area contributed by atoms with E-state index >= 15 is 0 Å². The van der Waals surface area contributed by atoms with Crippen molar-refractivity contribution in [2.75, 3.05) is 59.5 Å². The van der Waals surface area contributed by atoms with Crippen molar-refractivity contribution in [3.05, 3.63) is 12.2 Å². The molecule has 0 aromatic carbocycles. The number of hydrogen-bond acceptors (Lipinski definition) is 47. The van der Waals surface area contributed by atoms with E-state index in [0.717, 1.165) is 78.6 Å². The minimum atomic E-state index is -2.38. The van der Waals surface area contributed by atoms with Crippen molar-refractivity contribution in [1.29, 1.82) is 0 Å². The van der Waals surface area contributed by atoms with Gasteiger partial charge in [0, 0.05) is 27.2 Å². The maximum Gasteiger partial charge on any atom is 0.220 e. The Balaban J connectivity index is 0.831. The standard InChI is InChI=1S/C98H174N4O47/c1-7-9-11-13-15-17-19-21-22-23-24-26-28-30-32-34-36-38-62(115)102-52(53(114)37-35-33-31-29-27-25-20-18-16-14-12-10-8-2)47-132-93-78(128)76(126)85(61(46-110)141-93)144-97-81(131)88(70(120)57(42-106)136-97)148-91-64(100-50(5)112)72(122)83(59(44-108)139-91)142-95-79(129)86(68(118)55(40-104)134-95)146-90-63(99-49(4)111)71(121)82(58(43-107)138-90)143-96-80(130)87(69(119)56(41-105)135-96)147-92-65(101-51(6)113)73(123)84(60(45-109)140-92)145-98-89(75(125)67(117)54(39-103)137-98)149-94-77(127)74(124)66(116)48(3)133-94/h35,37,48,52-61,63-98,103-110,114,116-131H,7-34,36,38-47H2,1-6H3,(H,99,111)(H,100,112)(H,101,113)(H,102,115)/b37-35+/t48?,52-,53+,54?,55?,56?,57?,58?,59?,60?,61?,63?,64?,65?,66+,67-,68-,69-,70-,71+,72+,73+,74?,75-,76+,77-,78?,79?,80?,81?,82+,83+,84+,85+,86-,87-,88-,89?,90-,91-,92-,93+,94+,95-,96-,97-,98-/m0/s1. The van der Waals surface area contributed by atoms with E-state index in [1.165, 1.54) is 122 Å². The van der Waals surface area contributed by atoms with Crippen LogP contribution in [0.5, 0.6) is 0 Å². The van der Waals surface area contributed by atoms with Crippen LogP contribution in [0.25, 0.3) is 0 Å². The Kier molecular flexibility index (Phi) is 56.4. The van der Waals surface area contributed by atoms with E-state index in [9.17, 15) is 147 Å². The molecule has 9 rings (SSSR count). The van der Waals surface area contributed by atoms with E-state index in [2.05, 4.69) is 35.1 Å². The summed E-state index contributed by atoms with van der Waals surface area (Å²) < 4.78 is 107. The molecule has 0 aromatic heterocycles. The number of aliphatic hydroxyl groups is 25. The molecule has 51 nitrogen and oxygen atoms in total. The second-order valence-corrected chi connectivity index (χ2v) is 40.5. The van der Waals surface area contributed by atoms with Gasteiger partial charge in [0.1, 0.15) is 213 Å². The highest BCUT2D eigenvalue weighted by molar-refractivity contribution is 5.76. The molecule has 0 aromatic rings. The third-order valence-corrected chi connectivity index (χ3v) is 28.9. The predicted octanol–water partition coefficient (Wildman–Crippen LogP) is -7.00. The largest absolute Gasteiger partial charge is 0.394 e. The van der Waals surface area contributed by atoms with Crippen LogP contribution in [0.15, 0.2) is 12.2 Å². The van der Waals surface area contributed by atoms with Crippen LogP contribution in [0, 0.1) is 0 Å². The van der Waals surface area contributed by atoms with Crippen LogP contribution in [0.4, 0.5) is 0 Å². The van der Waals surface area contributed by atoms with Crippen molar-refractivity contribution in [3.63, 3.8) is 0 Å². The first-order chi connectivity index (χ1) is 71.4. The average molecular weight is 2160 g/mol. The normalized spacial score (nSPS) is 40.2. The van der Waals surface area contributed by atoms with Crippen molar-refractivity contribution in [2.24, 2.45) is 0 Å². The molecule has 9 aliphatic heterocycles. The number of allylic oxidation sites excluding steroid dienone is 1. The van der Waals surface area contributed by atoms with Gasteiger partial charge < -0.3 is 234 Å². The Labute approximate surface area is 867 Å². The second-order valence-electron chi connectivity index (χ2n) is 40.5. The lowest BCUT2D eigenvalue weighted by Gasteiger charge is -2.51. The number of ether oxygens (including phenoxy) is 18. The molecular weight excluding hydrogens is 1990 g/mol. The molecule has 868 valence electrons. The van der Waals surface area contributed by atoms with Gasteiger partial charge in [-0.25, -0.2) is 0 Å². The van der Waals surface area contributed by atoms with Gasteiger partial charge in [-0.1, -0.05) is 193 Å². The first-order valence-corrected chi connectivity index (χ1v) is 53.4. The lowest BCUT2D eigenvalue weighted by molar-refractivity contribution is -0.393. The van der Waals surface area contributed by atoms with Crippen LogP contribution < -0.4 is 21.3 Å². The lowest BCUT2D eigenvalue weighted by Crippen LogP contribution is -2.71. The fourth-order valence-corrected chi connectivity index (χ4v) is 20.2. The van der Waals surface area contributed by atoms with Crippen molar-refractivity contribution in [1.82, 2.24) is 21.3 Å². The summed E-state index contributed by atoms with van der Waals surface area (Å²) in [6.07, 6.45) is -48.9. The van der Waals surface area contributed by atoms with E-state index in [4.69, 9.17) is 85.3 Å². The zero-order valence-corrected chi connectivity index (χ0v) is 86.0. The fraction of sp³-hybridized carbons (Fsp3) is 0.939. The Bertz CT molecular complexity index is 3760. The highest BCUT2D eigenvalue weighted by Crippen LogP contribution is 2.42. The summed E-state index contributed by atoms with van der Waals surface area (Å²) in [5.41, 5.74) is 0. The summed E-state index contributed by atoms with van der Waals surface area (Å²) in [6.45, 7) is -0.624. The smallest absolute Gasteiger partial charge is 0.220 e. The molecule has 18 unspecified atom stereocenters. The van der Waals surface area contributed by atoms with Gasteiger partial charge in [-0.2, -0.15) is 0 Å². The Morgan fingerprint density at radius 1 is 0.275 bits per heavy atom. The van der Waals surface area contributed by atoms with Gasteiger partial charge in [-0.05, 0) is 26.2 Å². The summed E-state index contributed by atoms with van der Waals surface area (Å²) >= 11 is 0. The monoisotopic (exact) mass is 2160 g/mol. The van der Waals surface area contributed by atoms with Gasteiger partial charge in [0.15, 0.2) is 56.6 Å². The first-order valence-electron chi connectivity index (χ1n) is 53.4. The van der Waals surface area contributed by atoms with E-state index in [1.54, 1.807) is 6.08 Å². The van der Waals surface area contributed by atoms with Gasteiger partial charge in [0.25, 0.3) is 0 Å². The number of carbonyl (C=O) groups excluding carboxylic acids is 4. The van der Waals surface area contributed by atoms with E-state index in [-0.39, 0.29) is 12.3 Å². The van der Waals surface area contributed by atoms with Crippen molar-refractivity contribution < 1.29 is 232 Å². The number of rotatable bonds is 63.